The van der Waals surface area contributed by atoms with Gasteiger partial charge in [0.25, 0.3) is 0 Å². The van der Waals surface area contributed by atoms with E-state index in [9.17, 15) is 14.4 Å². The summed E-state index contributed by atoms with van der Waals surface area (Å²) in [5.74, 6) is -1.05. The van der Waals surface area contributed by atoms with E-state index in [1.54, 1.807) is 0 Å². The fraction of sp³-hybridized carbons (Fsp3) is 0.571. The van der Waals surface area contributed by atoms with Gasteiger partial charge in [-0.2, -0.15) is 0 Å². The lowest BCUT2D eigenvalue weighted by atomic mass is 10.0. The monoisotopic (exact) mass is 167 g/mol. The van der Waals surface area contributed by atoms with Crippen LogP contribution in [0.3, 0.4) is 0 Å². The van der Waals surface area contributed by atoms with Crippen LogP contribution in [0.5, 0.6) is 0 Å². The Kier molecular flexibility index (Phi) is 2.63. The first kappa shape index (κ1) is 8.97. The number of carbonyl (C=O) groups is 3. The Bertz CT molecular complexity index is 223. The molecule has 0 aromatic carbocycles. The molecule has 0 radical (unpaired) electrons. The van der Waals surface area contributed by atoms with Crippen LogP contribution < -0.4 is 0 Å². The number of rotatable bonds is 2. The van der Waals surface area contributed by atoms with Crippen LogP contribution in [0.1, 0.15) is 19.3 Å². The summed E-state index contributed by atoms with van der Waals surface area (Å²) in [6.07, 6.45) is 1.32. The van der Waals surface area contributed by atoms with Gasteiger partial charge in [0.05, 0.1) is 0 Å². The van der Waals surface area contributed by atoms with Crippen LogP contribution in [0, 0.1) is 0 Å². The second-order valence-corrected chi connectivity index (χ2v) is 2.77. The minimum atomic E-state index is -0.356. The zero-order valence-electron chi connectivity index (χ0n) is 7.00. The third-order valence-electron chi connectivity index (χ3n) is 1.76. The lowest BCUT2D eigenvalue weighted by Gasteiger charge is -2.09. The molecule has 4 nitrogen and oxygen atoms in total. The van der Waals surface area contributed by atoms with Crippen LogP contribution in [0.25, 0.3) is 0 Å². The molecule has 0 saturated carbocycles. The molecule has 0 atom stereocenters. The van der Waals surface area contributed by atoms with E-state index in [2.05, 4.69) is 0 Å². The molecule has 1 aliphatic heterocycles. The lowest BCUT2D eigenvalue weighted by molar-refractivity contribution is -0.149. The molecule has 64 valence electrons. The molecule has 0 bridgehead atoms. The van der Waals surface area contributed by atoms with Gasteiger partial charge in [-0.25, -0.2) is 4.90 Å². The van der Waals surface area contributed by atoms with E-state index in [-0.39, 0.29) is 37.0 Å². The van der Waals surface area contributed by atoms with Crippen molar-refractivity contribution in [3.8, 4) is 0 Å². The number of amides is 3. The molecular weight excluding hydrogens is 157 g/mol. The Balaban J connectivity index is 2.66. The average molecular weight is 167 g/mol. The van der Waals surface area contributed by atoms with Gasteiger partial charge in [-0.1, -0.05) is 6.32 Å². The fourth-order valence-electron chi connectivity index (χ4n) is 1.18. The molecule has 0 spiro atoms. The van der Waals surface area contributed by atoms with Gasteiger partial charge in [0.15, 0.2) is 0 Å². The number of carbonyl (C=O) groups excluding carboxylic acids is 3. The maximum atomic E-state index is 11.2. The fourth-order valence-corrected chi connectivity index (χ4v) is 1.18. The van der Waals surface area contributed by atoms with E-state index in [0.717, 1.165) is 4.90 Å². The minimum Gasteiger partial charge on any atom is -0.274 e. The molecule has 12 heavy (non-hydrogen) atoms. The third-order valence-corrected chi connectivity index (χ3v) is 1.76. The van der Waals surface area contributed by atoms with Crippen LogP contribution in [0.15, 0.2) is 0 Å². The summed E-state index contributed by atoms with van der Waals surface area (Å²) in [7, 11) is 1.84. The van der Waals surface area contributed by atoms with Gasteiger partial charge < -0.3 is 0 Å². The zero-order chi connectivity index (χ0) is 9.14. The lowest BCUT2D eigenvalue weighted by Crippen LogP contribution is -2.35. The molecule has 0 aromatic heterocycles. The molecule has 1 aliphatic rings. The molecular formula is C7H10BNO3. The molecule has 1 fully saturated rings. The van der Waals surface area contributed by atoms with Crippen molar-refractivity contribution in [1.29, 1.82) is 0 Å². The number of nitrogens with zero attached hydrogens (tertiary/aromatic N) is 1. The van der Waals surface area contributed by atoms with Gasteiger partial charge in [-0.3, -0.25) is 14.4 Å². The highest BCUT2D eigenvalue weighted by Crippen LogP contribution is 2.13. The second-order valence-electron chi connectivity index (χ2n) is 2.77. The van der Waals surface area contributed by atoms with E-state index in [4.69, 9.17) is 0 Å². The highest BCUT2D eigenvalue weighted by atomic mass is 16.2. The predicted octanol–water partition coefficient (Wildman–Crippen LogP) is -0.897. The maximum Gasteiger partial charge on any atom is 0.236 e. The molecule has 0 aliphatic carbocycles. The van der Waals surface area contributed by atoms with Crippen molar-refractivity contribution >= 4 is 25.6 Å². The van der Waals surface area contributed by atoms with Crippen molar-refractivity contribution in [2.45, 2.75) is 25.6 Å². The van der Waals surface area contributed by atoms with Crippen molar-refractivity contribution < 1.29 is 14.4 Å². The molecule has 1 saturated heterocycles. The smallest absolute Gasteiger partial charge is 0.236 e. The SMILES string of the molecule is BCCC(=O)N1C(=O)CCC1=O. The highest BCUT2D eigenvalue weighted by Gasteiger charge is 2.33. The Hall–Kier alpha value is -1.13. The van der Waals surface area contributed by atoms with Gasteiger partial charge in [0.2, 0.25) is 17.7 Å². The summed E-state index contributed by atoms with van der Waals surface area (Å²) >= 11 is 0. The van der Waals surface area contributed by atoms with Gasteiger partial charge in [0, 0.05) is 19.3 Å². The quantitative estimate of drug-likeness (QED) is 0.395. The van der Waals surface area contributed by atoms with Crippen LogP contribution >= 0.6 is 0 Å². The number of hydrogen-bond acceptors (Lipinski definition) is 3. The summed E-state index contributed by atoms with van der Waals surface area (Å²) in [6.45, 7) is 0. The van der Waals surface area contributed by atoms with Gasteiger partial charge >= 0.3 is 0 Å². The van der Waals surface area contributed by atoms with Crippen LogP contribution in [0.4, 0.5) is 0 Å². The number of hydrogen-bond donors (Lipinski definition) is 0. The molecule has 3 amide bonds. The van der Waals surface area contributed by atoms with E-state index < -0.39 is 0 Å². The summed E-state index contributed by atoms with van der Waals surface area (Å²) < 4.78 is 0. The summed E-state index contributed by atoms with van der Waals surface area (Å²) in [5, 5.41) is 0. The molecule has 5 heteroatoms. The first-order valence-electron chi connectivity index (χ1n) is 4.05. The summed E-state index contributed by atoms with van der Waals surface area (Å²) in [4.78, 5) is 33.9. The highest BCUT2D eigenvalue weighted by molar-refractivity contribution is 6.16. The Labute approximate surface area is 71.3 Å². The summed E-state index contributed by atoms with van der Waals surface area (Å²) in [5.41, 5.74) is 0. The Morgan fingerprint density at radius 1 is 1.33 bits per heavy atom. The zero-order valence-corrected chi connectivity index (χ0v) is 7.00. The first-order chi connectivity index (χ1) is 5.66. The second kappa shape index (κ2) is 3.52. The van der Waals surface area contributed by atoms with Gasteiger partial charge in [-0.15, -0.1) is 0 Å². The normalized spacial score (nSPS) is 17.2. The van der Waals surface area contributed by atoms with Crippen molar-refractivity contribution in [3.05, 3.63) is 0 Å². The minimum absolute atomic E-state index is 0.189. The molecule has 0 aromatic rings. The Morgan fingerprint density at radius 3 is 2.25 bits per heavy atom. The van der Waals surface area contributed by atoms with E-state index in [1.807, 2.05) is 7.85 Å². The standard InChI is InChI=1S/C7H10BNO3/c8-4-3-7(12)9-5(10)1-2-6(9)11/h1-4,8H2. The topological polar surface area (TPSA) is 54.5 Å². The molecule has 0 unspecified atom stereocenters. The van der Waals surface area contributed by atoms with Gasteiger partial charge in [-0.05, 0) is 0 Å². The maximum absolute atomic E-state index is 11.2. The van der Waals surface area contributed by atoms with Crippen LogP contribution in [-0.2, 0) is 14.4 Å². The van der Waals surface area contributed by atoms with Crippen molar-refractivity contribution in [2.75, 3.05) is 0 Å². The van der Waals surface area contributed by atoms with Crippen molar-refractivity contribution in [2.24, 2.45) is 0 Å². The Morgan fingerprint density at radius 2 is 1.83 bits per heavy atom. The number of likely N-dealkylation sites (tertiary alicyclic amines) is 1. The summed E-state index contributed by atoms with van der Waals surface area (Å²) in [6, 6.07) is 0. The first-order valence-corrected chi connectivity index (χ1v) is 4.05. The van der Waals surface area contributed by atoms with E-state index >= 15 is 0 Å². The number of imide groups is 3. The van der Waals surface area contributed by atoms with E-state index in [1.165, 1.54) is 0 Å². The largest absolute Gasteiger partial charge is 0.274 e. The van der Waals surface area contributed by atoms with Crippen molar-refractivity contribution in [1.82, 2.24) is 4.90 Å². The van der Waals surface area contributed by atoms with Crippen LogP contribution in [-0.4, -0.2) is 30.5 Å². The van der Waals surface area contributed by atoms with Crippen LogP contribution in [0.2, 0.25) is 6.32 Å². The third kappa shape index (κ3) is 1.54. The molecule has 1 rings (SSSR count). The van der Waals surface area contributed by atoms with E-state index in [0.29, 0.717) is 6.32 Å². The molecule has 0 N–H and O–H groups in total. The molecule has 1 heterocycles. The van der Waals surface area contributed by atoms with Crippen molar-refractivity contribution in [3.63, 3.8) is 0 Å². The average Bonchev–Trinajstić information content (AvgIpc) is 2.32. The van der Waals surface area contributed by atoms with Gasteiger partial charge in [0.1, 0.15) is 7.85 Å². The predicted molar refractivity (Wildman–Crippen MR) is 44.1 cm³/mol.